The molecule has 1 aromatic rings. The maximum Gasteiger partial charge on any atom is 0.407 e. The normalized spacial score (nSPS) is 13.3. The molecule has 1 saturated heterocycles. The van der Waals surface area contributed by atoms with Crippen LogP contribution in [-0.2, 0) is 62.6 Å². The minimum atomic E-state index is -0.465. The minimum absolute atomic E-state index is 0.00626. The Morgan fingerprint density at radius 2 is 0.947 bits per heavy atom. The number of ether oxygens (including phenoxy) is 6. The topological polar surface area (TPSA) is 139 Å². The second kappa shape index (κ2) is 48.6. The molecular weight excluding hydrogens is 945 g/mol. The molecule has 1 heterocycles. The zero-order chi connectivity index (χ0) is 54.1. The summed E-state index contributed by atoms with van der Waals surface area (Å²) >= 11 is 0. The summed E-state index contributed by atoms with van der Waals surface area (Å²) in [5.41, 5.74) is 2.11. The van der Waals surface area contributed by atoms with Crippen molar-refractivity contribution in [2.75, 3.05) is 39.4 Å². The van der Waals surface area contributed by atoms with Crippen LogP contribution >= 0.6 is 0 Å². The molecule has 2 rings (SSSR count). The van der Waals surface area contributed by atoms with E-state index in [9.17, 15) is 19.2 Å². The molecule has 1 N–H and O–H groups in total. The summed E-state index contributed by atoms with van der Waals surface area (Å²) in [5.74, 6) is -1.01. The van der Waals surface area contributed by atoms with Gasteiger partial charge in [-0.25, -0.2) is 4.79 Å². The molecule has 75 heavy (non-hydrogen) atoms. The molecule has 0 saturated carbocycles. The number of nitrogens with one attached hydrogen (secondary N) is 1. The van der Waals surface area contributed by atoms with Crippen molar-refractivity contribution in [2.45, 2.75) is 278 Å². The van der Waals surface area contributed by atoms with Crippen LogP contribution in [0.1, 0.15) is 263 Å². The summed E-state index contributed by atoms with van der Waals surface area (Å²) in [7, 11) is 0. The number of hydrogen-bond acceptors (Lipinski definition) is 11. The van der Waals surface area contributed by atoms with Crippen LogP contribution in [-0.4, -0.2) is 80.7 Å². The average molecular weight is 1050 g/mol. The van der Waals surface area contributed by atoms with Gasteiger partial charge in [-0.15, -0.1) is 0 Å². The number of amides is 1. The van der Waals surface area contributed by atoms with Crippen molar-refractivity contribution < 1.29 is 47.6 Å². The zero-order valence-electron chi connectivity index (χ0n) is 48.1. The molecule has 0 spiro atoms. The van der Waals surface area contributed by atoms with Crippen LogP contribution in [0.15, 0.2) is 42.5 Å². The predicted molar refractivity (Wildman–Crippen MR) is 304 cm³/mol. The minimum Gasteiger partial charge on any atom is -0.461 e. The van der Waals surface area contributed by atoms with E-state index in [1.165, 1.54) is 89.9 Å². The molecule has 0 radical (unpaired) electrons. The van der Waals surface area contributed by atoms with Crippen LogP contribution in [0, 0.1) is 0 Å². The fraction of sp³-hybridized carbons (Fsp3) is 0.778. The van der Waals surface area contributed by atoms with E-state index in [-0.39, 0.29) is 44.6 Å². The number of carbonyl (C=O) groups excluding carboxylic acids is 4. The second-order valence-corrected chi connectivity index (χ2v) is 20.9. The molecule has 1 amide bonds. The van der Waals surface area contributed by atoms with Crippen molar-refractivity contribution in [1.82, 2.24) is 10.2 Å². The fourth-order valence-corrected chi connectivity index (χ4v) is 9.20. The standard InChI is InChI=1S/C63H108N2O10/c1-5-9-13-16-19-20-21-22-23-24-25-26-27-28-32-38-59(66)72-52-55-49-56(53-73-60(67)40-39-58(37-31-12-8-4)75-63(69)64-43-46-65-44-33-34-45-65)51-57(50-55)54-74-61(68)41-42-62(70-47-35-29-17-14-10-6-2)71-48-36-30-18-15-11-7-3/h19-20,22-23,49-51,58,62H,5-18,21,24-48,52-54H2,1-4H3,(H,64,69)/b20-19-,23-22-. The predicted octanol–water partition coefficient (Wildman–Crippen LogP) is 16.0. The van der Waals surface area contributed by atoms with Crippen molar-refractivity contribution in [1.29, 1.82) is 0 Å². The largest absolute Gasteiger partial charge is 0.461 e. The highest BCUT2D eigenvalue weighted by Gasteiger charge is 2.19. The number of hydrogen-bond donors (Lipinski definition) is 1. The summed E-state index contributed by atoms with van der Waals surface area (Å²) in [6.45, 7) is 13.5. The monoisotopic (exact) mass is 1050 g/mol. The Labute approximate surface area is 456 Å². The third-order valence-electron chi connectivity index (χ3n) is 13.8. The van der Waals surface area contributed by atoms with Crippen LogP contribution in [0.4, 0.5) is 4.79 Å². The first-order chi connectivity index (χ1) is 36.8. The molecule has 1 fully saturated rings. The van der Waals surface area contributed by atoms with Crippen LogP contribution in [0.5, 0.6) is 0 Å². The van der Waals surface area contributed by atoms with Gasteiger partial charge in [0.25, 0.3) is 0 Å². The van der Waals surface area contributed by atoms with Gasteiger partial charge < -0.3 is 38.6 Å². The number of likely N-dealkylation sites (tertiary alicyclic amines) is 1. The van der Waals surface area contributed by atoms with E-state index < -0.39 is 24.5 Å². The number of allylic oxidation sites excluding steroid dienone is 4. The molecule has 0 aromatic heterocycles. The van der Waals surface area contributed by atoms with Gasteiger partial charge in [-0.3, -0.25) is 14.4 Å². The maximum absolute atomic E-state index is 13.2. The lowest BCUT2D eigenvalue weighted by Crippen LogP contribution is -2.35. The lowest BCUT2D eigenvalue weighted by molar-refractivity contribution is -0.160. The van der Waals surface area contributed by atoms with Gasteiger partial charge >= 0.3 is 24.0 Å². The fourth-order valence-electron chi connectivity index (χ4n) is 9.20. The Hall–Kier alpha value is -3.74. The zero-order valence-corrected chi connectivity index (χ0v) is 48.1. The van der Waals surface area contributed by atoms with Crippen LogP contribution < -0.4 is 5.32 Å². The molecule has 0 bridgehead atoms. The van der Waals surface area contributed by atoms with Crippen molar-refractivity contribution in [2.24, 2.45) is 0 Å². The smallest absolute Gasteiger partial charge is 0.407 e. The van der Waals surface area contributed by atoms with E-state index >= 15 is 0 Å². The highest BCUT2D eigenvalue weighted by molar-refractivity contribution is 5.70. The highest BCUT2D eigenvalue weighted by Crippen LogP contribution is 2.19. The molecule has 12 nitrogen and oxygen atoms in total. The molecular formula is C63H108N2O10. The van der Waals surface area contributed by atoms with Gasteiger partial charge in [-0.1, -0.05) is 161 Å². The number of rotatable bonds is 50. The van der Waals surface area contributed by atoms with Gasteiger partial charge in [0.05, 0.1) is 6.42 Å². The Morgan fingerprint density at radius 1 is 0.507 bits per heavy atom. The first-order valence-corrected chi connectivity index (χ1v) is 30.5. The Kier molecular flexibility index (Phi) is 43.7. The van der Waals surface area contributed by atoms with Crippen LogP contribution in [0.25, 0.3) is 0 Å². The Bertz CT molecular complexity index is 1610. The molecule has 1 unspecified atom stereocenters. The lowest BCUT2D eigenvalue weighted by atomic mass is 10.1. The Balaban J connectivity index is 1.98. The SMILES string of the molecule is CCCCC/C=C\C/C=C\CCCCCCCC(=O)OCc1cc(COC(=O)CCC(CCCCC)OC(=O)NCCN2CCCC2)cc(COC(=O)CCC(OCCCCCCCC)OCCCCCCCC)c1. The number of benzene rings is 1. The van der Waals surface area contributed by atoms with Crippen molar-refractivity contribution >= 4 is 24.0 Å². The Morgan fingerprint density at radius 3 is 1.49 bits per heavy atom. The van der Waals surface area contributed by atoms with Gasteiger partial charge in [0, 0.05) is 45.6 Å². The number of carbonyl (C=O) groups is 4. The van der Waals surface area contributed by atoms with Crippen LogP contribution in [0.2, 0.25) is 0 Å². The third-order valence-corrected chi connectivity index (χ3v) is 13.8. The molecule has 1 aromatic carbocycles. The second-order valence-electron chi connectivity index (χ2n) is 20.9. The van der Waals surface area contributed by atoms with Gasteiger partial charge in [-0.2, -0.15) is 0 Å². The average Bonchev–Trinajstić information content (AvgIpc) is 3.94. The van der Waals surface area contributed by atoms with Gasteiger partial charge in [-0.05, 0) is 131 Å². The van der Waals surface area contributed by atoms with Gasteiger partial charge in [0.1, 0.15) is 25.9 Å². The molecule has 0 aliphatic carbocycles. The summed E-state index contributed by atoms with van der Waals surface area (Å²) in [4.78, 5) is 54.4. The molecule has 1 aliphatic heterocycles. The first kappa shape index (κ1) is 67.4. The summed E-state index contributed by atoms with van der Waals surface area (Å²) in [6.07, 6.45) is 41.4. The van der Waals surface area contributed by atoms with Crippen molar-refractivity contribution in [3.05, 3.63) is 59.2 Å². The van der Waals surface area contributed by atoms with E-state index in [4.69, 9.17) is 28.4 Å². The van der Waals surface area contributed by atoms with E-state index in [1.54, 1.807) is 0 Å². The number of nitrogens with zero attached hydrogens (tertiary/aromatic N) is 1. The van der Waals surface area contributed by atoms with Crippen molar-refractivity contribution in [3.8, 4) is 0 Å². The quantitative estimate of drug-likeness (QED) is 0.0219. The summed E-state index contributed by atoms with van der Waals surface area (Å²) in [6, 6.07) is 5.59. The summed E-state index contributed by atoms with van der Waals surface area (Å²) in [5, 5.41) is 2.89. The van der Waals surface area contributed by atoms with Crippen LogP contribution in [0.3, 0.4) is 0 Å². The van der Waals surface area contributed by atoms with E-state index in [2.05, 4.69) is 62.2 Å². The van der Waals surface area contributed by atoms with Crippen molar-refractivity contribution in [3.63, 3.8) is 0 Å². The molecule has 430 valence electrons. The van der Waals surface area contributed by atoms with E-state index in [0.29, 0.717) is 56.6 Å². The summed E-state index contributed by atoms with van der Waals surface area (Å²) < 4.78 is 35.4. The molecule has 12 heteroatoms. The third kappa shape index (κ3) is 40.2. The molecule has 1 atom stereocenters. The lowest BCUT2D eigenvalue weighted by Gasteiger charge is -2.19. The number of unbranched alkanes of at least 4 members (excludes halogenated alkanes) is 20. The molecule has 1 aliphatic rings. The first-order valence-electron chi connectivity index (χ1n) is 30.5. The maximum atomic E-state index is 13.2. The van der Waals surface area contributed by atoms with Gasteiger partial charge in [0.2, 0.25) is 0 Å². The van der Waals surface area contributed by atoms with E-state index in [0.717, 1.165) is 115 Å². The van der Waals surface area contributed by atoms with E-state index in [1.807, 2.05) is 18.2 Å². The number of esters is 3. The van der Waals surface area contributed by atoms with Gasteiger partial charge in [0.15, 0.2) is 6.29 Å². The highest BCUT2D eigenvalue weighted by atomic mass is 16.7. The number of alkyl carbamates (subject to hydrolysis) is 1.